The molecule has 0 aromatic heterocycles. The average molecular weight is 156 g/mol. The maximum Gasteiger partial charge on any atom is 0.356 e. The monoisotopic (exact) mass is 156 g/mol. The van der Waals surface area contributed by atoms with E-state index in [0.29, 0.717) is 0 Å². The normalized spacial score (nSPS) is 10.9. The van der Waals surface area contributed by atoms with Crippen LogP contribution in [0.3, 0.4) is 0 Å². The largest absolute Gasteiger partial charge is 0.448 e. The van der Waals surface area contributed by atoms with Crippen LogP contribution in [0.4, 0.5) is 0 Å². The van der Waals surface area contributed by atoms with Gasteiger partial charge >= 0.3 is 5.97 Å². The quantitative estimate of drug-likeness (QED) is 0.250. The Hall–Kier alpha value is -1.58. The Balaban J connectivity index is 4.00. The maximum absolute atomic E-state index is 10.7. The lowest BCUT2D eigenvalue weighted by molar-refractivity contribution is -0.153. The van der Waals surface area contributed by atoms with Gasteiger partial charge in [0.05, 0.1) is 6.26 Å². The van der Waals surface area contributed by atoms with Crippen LogP contribution < -0.4 is 0 Å². The number of rotatable bonds is 5. The van der Waals surface area contributed by atoms with Crippen molar-refractivity contribution in [3.8, 4) is 0 Å². The van der Waals surface area contributed by atoms with Crippen molar-refractivity contribution in [1.29, 1.82) is 0 Å². The zero-order valence-corrected chi connectivity index (χ0v) is 5.86. The fourth-order valence-electron chi connectivity index (χ4n) is 0.416. The van der Waals surface area contributed by atoms with Crippen molar-refractivity contribution >= 4 is 12.4 Å². The molecule has 0 heterocycles. The fourth-order valence-corrected chi connectivity index (χ4v) is 0.416. The number of hydrogen-bond acceptors (Lipinski definition) is 4. The van der Waals surface area contributed by atoms with Gasteiger partial charge in [-0.15, -0.1) is 0 Å². The lowest BCUT2D eigenvalue weighted by Crippen LogP contribution is -2.22. The van der Waals surface area contributed by atoms with Crippen molar-refractivity contribution in [1.82, 2.24) is 0 Å². The van der Waals surface area contributed by atoms with Crippen LogP contribution in [-0.4, -0.2) is 18.5 Å². The molecule has 0 aliphatic heterocycles. The lowest BCUT2D eigenvalue weighted by Gasteiger charge is -2.06. The van der Waals surface area contributed by atoms with Crippen molar-refractivity contribution in [3.63, 3.8) is 0 Å². The third-order valence-corrected chi connectivity index (χ3v) is 0.848. The zero-order valence-electron chi connectivity index (χ0n) is 5.86. The topological polar surface area (TPSA) is 52.6 Å². The van der Waals surface area contributed by atoms with Crippen molar-refractivity contribution in [3.05, 3.63) is 25.5 Å². The highest BCUT2D eigenvalue weighted by molar-refractivity contribution is 5.78. The van der Waals surface area contributed by atoms with E-state index in [9.17, 15) is 9.59 Å². The Kier molecular flexibility index (Phi) is 4.47. The van der Waals surface area contributed by atoms with Gasteiger partial charge in [0, 0.05) is 0 Å². The first-order valence-corrected chi connectivity index (χ1v) is 2.79. The lowest BCUT2D eigenvalue weighted by atomic mass is 10.3. The molecule has 0 spiro atoms. The van der Waals surface area contributed by atoms with Crippen molar-refractivity contribution in [2.75, 3.05) is 0 Å². The smallest absolute Gasteiger partial charge is 0.356 e. The summed E-state index contributed by atoms with van der Waals surface area (Å²) in [6, 6.07) is 0. The van der Waals surface area contributed by atoms with Crippen LogP contribution in [0.2, 0.25) is 0 Å². The predicted octanol–water partition coefficient (Wildman–Crippen LogP) is 0.401. The summed E-state index contributed by atoms with van der Waals surface area (Å²) in [5, 5.41) is 0. The average Bonchev–Trinajstić information content (AvgIpc) is 2.00. The Bertz CT molecular complexity index is 173. The van der Waals surface area contributed by atoms with Gasteiger partial charge in [-0.05, 0) is 6.08 Å². The molecular formula is C7H8O4. The van der Waals surface area contributed by atoms with Crippen LogP contribution in [0.1, 0.15) is 0 Å². The summed E-state index contributed by atoms with van der Waals surface area (Å²) in [7, 11) is 0. The molecule has 0 aromatic rings. The van der Waals surface area contributed by atoms with Gasteiger partial charge in [0.15, 0.2) is 0 Å². The first-order valence-electron chi connectivity index (χ1n) is 2.79. The number of hydrogen-bond donors (Lipinski definition) is 0. The van der Waals surface area contributed by atoms with Crippen LogP contribution >= 0.6 is 0 Å². The van der Waals surface area contributed by atoms with Crippen LogP contribution in [0.15, 0.2) is 25.5 Å². The van der Waals surface area contributed by atoms with Crippen LogP contribution in [0.25, 0.3) is 0 Å². The summed E-state index contributed by atoms with van der Waals surface area (Å²) in [4.78, 5) is 20.5. The van der Waals surface area contributed by atoms with Gasteiger partial charge in [-0.2, -0.15) is 0 Å². The SMILES string of the molecule is C=COC(=O)C(C=C)OC=O. The Labute approximate surface area is 64.1 Å². The predicted molar refractivity (Wildman–Crippen MR) is 37.4 cm³/mol. The first-order chi connectivity index (χ1) is 5.26. The summed E-state index contributed by atoms with van der Waals surface area (Å²) in [6.07, 6.45) is 1.05. The fraction of sp³-hybridized carbons (Fsp3) is 0.143. The minimum Gasteiger partial charge on any atom is -0.448 e. The molecule has 0 saturated carbocycles. The second-order valence-corrected chi connectivity index (χ2v) is 1.49. The number of carbonyl (C=O) groups excluding carboxylic acids is 2. The summed E-state index contributed by atoms with van der Waals surface area (Å²) in [5.74, 6) is -0.720. The number of esters is 1. The second-order valence-electron chi connectivity index (χ2n) is 1.49. The molecule has 0 saturated heterocycles. The highest BCUT2D eigenvalue weighted by Gasteiger charge is 2.15. The van der Waals surface area contributed by atoms with Gasteiger partial charge in [-0.1, -0.05) is 13.2 Å². The molecule has 4 heteroatoms. The second kappa shape index (κ2) is 5.22. The molecule has 0 N–H and O–H groups in total. The van der Waals surface area contributed by atoms with Crippen molar-refractivity contribution in [2.24, 2.45) is 0 Å². The summed E-state index contributed by atoms with van der Waals surface area (Å²) in [6.45, 7) is 6.57. The molecule has 0 bridgehead atoms. The van der Waals surface area contributed by atoms with E-state index in [-0.39, 0.29) is 6.47 Å². The maximum atomic E-state index is 10.7. The van der Waals surface area contributed by atoms with E-state index in [1.165, 1.54) is 0 Å². The summed E-state index contributed by atoms with van der Waals surface area (Å²) in [5.41, 5.74) is 0. The summed E-state index contributed by atoms with van der Waals surface area (Å²) >= 11 is 0. The van der Waals surface area contributed by atoms with E-state index in [1.807, 2.05) is 0 Å². The molecule has 0 amide bonds. The molecule has 0 rings (SSSR count). The van der Waals surface area contributed by atoms with Gasteiger partial charge in [-0.25, -0.2) is 4.79 Å². The molecule has 0 fully saturated rings. The minimum atomic E-state index is -1.05. The van der Waals surface area contributed by atoms with E-state index in [4.69, 9.17) is 0 Å². The molecule has 1 unspecified atom stereocenters. The van der Waals surface area contributed by atoms with Crippen molar-refractivity contribution in [2.45, 2.75) is 6.10 Å². The van der Waals surface area contributed by atoms with Gasteiger partial charge in [0.25, 0.3) is 6.47 Å². The third-order valence-electron chi connectivity index (χ3n) is 0.848. The van der Waals surface area contributed by atoms with Crippen LogP contribution in [-0.2, 0) is 19.1 Å². The van der Waals surface area contributed by atoms with E-state index in [0.717, 1.165) is 12.3 Å². The number of ether oxygens (including phenoxy) is 2. The Morgan fingerprint density at radius 2 is 2.09 bits per heavy atom. The molecule has 60 valence electrons. The molecule has 0 aliphatic rings. The van der Waals surface area contributed by atoms with Crippen LogP contribution in [0, 0.1) is 0 Å². The van der Waals surface area contributed by atoms with E-state index in [1.54, 1.807) is 0 Å². The van der Waals surface area contributed by atoms with Gasteiger partial charge in [0.1, 0.15) is 0 Å². The molecule has 0 aliphatic carbocycles. The Morgan fingerprint density at radius 1 is 1.45 bits per heavy atom. The molecule has 11 heavy (non-hydrogen) atoms. The molecular weight excluding hydrogens is 148 g/mol. The first kappa shape index (κ1) is 9.42. The zero-order chi connectivity index (χ0) is 8.69. The molecule has 0 radical (unpaired) electrons. The highest BCUT2D eigenvalue weighted by atomic mass is 16.6. The van der Waals surface area contributed by atoms with Gasteiger partial charge in [0.2, 0.25) is 6.10 Å². The highest BCUT2D eigenvalue weighted by Crippen LogP contribution is 1.94. The van der Waals surface area contributed by atoms with Crippen LogP contribution in [0.5, 0.6) is 0 Å². The third kappa shape index (κ3) is 3.20. The van der Waals surface area contributed by atoms with Gasteiger partial charge in [-0.3, -0.25) is 4.79 Å². The van der Waals surface area contributed by atoms with E-state index in [2.05, 4.69) is 22.6 Å². The van der Waals surface area contributed by atoms with Gasteiger partial charge < -0.3 is 9.47 Å². The molecule has 4 nitrogen and oxygen atoms in total. The minimum absolute atomic E-state index is 0.149. The summed E-state index contributed by atoms with van der Waals surface area (Å²) < 4.78 is 8.60. The number of carbonyl (C=O) groups is 2. The van der Waals surface area contributed by atoms with E-state index < -0.39 is 12.1 Å². The Morgan fingerprint density at radius 3 is 2.45 bits per heavy atom. The standard InChI is InChI=1S/C7H8O4/c1-3-6(11-5-8)7(9)10-4-2/h3-6H,1-2H2. The molecule has 1 atom stereocenters. The van der Waals surface area contributed by atoms with E-state index >= 15 is 0 Å². The van der Waals surface area contributed by atoms with Crippen molar-refractivity contribution < 1.29 is 19.1 Å². The molecule has 0 aromatic carbocycles.